The second-order valence-electron chi connectivity index (χ2n) is 6.67. The van der Waals surface area contributed by atoms with Crippen LogP contribution in [0.15, 0.2) is 6.33 Å². The number of rotatable bonds is 2. The number of nitrogens with zero attached hydrogens (tertiary/aromatic N) is 4. The largest absolute Gasteiger partial charge is 0.365 e. The van der Waals surface area contributed by atoms with Crippen molar-refractivity contribution < 1.29 is 9.53 Å². The Balaban J connectivity index is 1.52. The Kier molecular flexibility index (Phi) is 4.16. The lowest BCUT2D eigenvalue weighted by atomic mass is 9.96. The number of amides is 1. The molecule has 4 rings (SSSR count). The van der Waals surface area contributed by atoms with E-state index in [4.69, 9.17) is 4.74 Å². The minimum atomic E-state index is -0.351. The number of aryl methyl sites for hydroxylation is 1. The molecule has 3 heterocycles. The molecule has 1 amide bonds. The van der Waals surface area contributed by atoms with Gasteiger partial charge in [-0.15, -0.1) is 0 Å². The Bertz CT molecular complexity index is 586. The van der Waals surface area contributed by atoms with Crippen molar-refractivity contribution in [2.75, 3.05) is 37.7 Å². The molecule has 0 aromatic carbocycles. The predicted molar refractivity (Wildman–Crippen MR) is 86.4 cm³/mol. The molecule has 1 atom stereocenters. The van der Waals surface area contributed by atoms with E-state index in [1.165, 1.54) is 24.1 Å². The van der Waals surface area contributed by atoms with E-state index < -0.39 is 0 Å². The Morgan fingerprint density at radius 2 is 1.91 bits per heavy atom. The smallest absolute Gasteiger partial charge is 0.253 e. The molecule has 3 aliphatic rings. The van der Waals surface area contributed by atoms with Gasteiger partial charge in [-0.25, -0.2) is 9.97 Å². The summed E-state index contributed by atoms with van der Waals surface area (Å²) in [5.41, 5.74) is 2.48. The number of aromatic nitrogens is 2. The molecule has 0 radical (unpaired) electrons. The van der Waals surface area contributed by atoms with E-state index in [2.05, 4.69) is 14.9 Å². The zero-order chi connectivity index (χ0) is 15.6. The van der Waals surface area contributed by atoms with Gasteiger partial charge in [0.2, 0.25) is 0 Å². The van der Waals surface area contributed by atoms with Crippen LogP contribution in [0.2, 0.25) is 0 Å². The Hall–Kier alpha value is -1.69. The van der Waals surface area contributed by atoms with Crippen LogP contribution < -0.4 is 4.90 Å². The summed E-state index contributed by atoms with van der Waals surface area (Å²) in [4.78, 5) is 25.8. The highest BCUT2D eigenvalue weighted by molar-refractivity contribution is 5.82. The van der Waals surface area contributed by atoms with Gasteiger partial charge in [-0.2, -0.15) is 0 Å². The van der Waals surface area contributed by atoms with E-state index >= 15 is 0 Å². The van der Waals surface area contributed by atoms with Crippen molar-refractivity contribution in [1.82, 2.24) is 14.9 Å². The molecule has 1 aliphatic carbocycles. The third-order valence-electron chi connectivity index (χ3n) is 5.16. The second-order valence-corrected chi connectivity index (χ2v) is 6.67. The lowest BCUT2D eigenvalue weighted by molar-refractivity contribution is -0.143. The molecule has 124 valence electrons. The summed E-state index contributed by atoms with van der Waals surface area (Å²) in [6.07, 6.45) is 8.06. The fraction of sp³-hybridized carbons (Fsp3) is 0.706. The highest BCUT2D eigenvalue weighted by Crippen LogP contribution is 2.28. The summed E-state index contributed by atoms with van der Waals surface area (Å²) in [7, 11) is 0. The maximum Gasteiger partial charge on any atom is 0.253 e. The Morgan fingerprint density at radius 3 is 2.78 bits per heavy atom. The maximum absolute atomic E-state index is 12.6. The summed E-state index contributed by atoms with van der Waals surface area (Å²) < 4.78 is 5.77. The fourth-order valence-electron chi connectivity index (χ4n) is 3.91. The third-order valence-corrected chi connectivity index (χ3v) is 5.16. The van der Waals surface area contributed by atoms with Crippen LogP contribution in [-0.4, -0.2) is 59.7 Å². The van der Waals surface area contributed by atoms with E-state index in [1.54, 1.807) is 6.33 Å². The van der Waals surface area contributed by atoms with Crippen molar-refractivity contribution in [2.24, 2.45) is 0 Å². The monoisotopic (exact) mass is 316 g/mol. The van der Waals surface area contributed by atoms with Crippen molar-refractivity contribution in [3.8, 4) is 0 Å². The second kappa shape index (κ2) is 6.43. The predicted octanol–water partition coefficient (Wildman–Crippen LogP) is 1.18. The highest BCUT2D eigenvalue weighted by atomic mass is 16.5. The zero-order valence-corrected chi connectivity index (χ0v) is 13.5. The average Bonchev–Trinajstić information content (AvgIpc) is 3.15. The molecule has 1 aromatic heterocycles. The first-order chi connectivity index (χ1) is 11.3. The number of hydrogen-bond acceptors (Lipinski definition) is 5. The van der Waals surface area contributed by atoms with Crippen molar-refractivity contribution in [3.63, 3.8) is 0 Å². The SMILES string of the molecule is O=C(C1CN(c2ncnc3c2CCCC3)CCO1)N1CCCC1. The first kappa shape index (κ1) is 14.9. The number of ether oxygens (including phenoxy) is 1. The lowest BCUT2D eigenvalue weighted by Gasteiger charge is -2.36. The minimum absolute atomic E-state index is 0.148. The van der Waals surface area contributed by atoms with Crippen LogP contribution in [0.5, 0.6) is 0 Å². The molecular formula is C17H24N4O2. The topological polar surface area (TPSA) is 58.6 Å². The van der Waals surface area contributed by atoms with E-state index in [0.29, 0.717) is 13.2 Å². The van der Waals surface area contributed by atoms with Crippen molar-refractivity contribution in [1.29, 1.82) is 0 Å². The van der Waals surface area contributed by atoms with Gasteiger partial charge < -0.3 is 14.5 Å². The highest BCUT2D eigenvalue weighted by Gasteiger charge is 2.33. The molecule has 0 bridgehead atoms. The first-order valence-electron chi connectivity index (χ1n) is 8.81. The standard InChI is InChI=1S/C17H24N4O2/c22-17(20-7-3-4-8-20)15-11-21(9-10-23-15)16-13-5-1-2-6-14(13)18-12-19-16/h12,15H,1-11H2. The number of anilines is 1. The number of carbonyl (C=O) groups excluding carboxylic acids is 1. The van der Waals surface area contributed by atoms with E-state index in [9.17, 15) is 4.79 Å². The van der Waals surface area contributed by atoms with Gasteiger partial charge in [0.15, 0.2) is 6.10 Å². The van der Waals surface area contributed by atoms with Gasteiger partial charge in [0, 0.05) is 30.9 Å². The van der Waals surface area contributed by atoms with Crippen LogP contribution in [0.4, 0.5) is 5.82 Å². The molecule has 2 aliphatic heterocycles. The zero-order valence-electron chi connectivity index (χ0n) is 13.5. The van der Waals surface area contributed by atoms with Gasteiger partial charge in [0.25, 0.3) is 5.91 Å². The number of fused-ring (bicyclic) bond motifs is 1. The van der Waals surface area contributed by atoms with Crippen LogP contribution >= 0.6 is 0 Å². The average molecular weight is 316 g/mol. The van der Waals surface area contributed by atoms with E-state index in [-0.39, 0.29) is 12.0 Å². The Morgan fingerprint density at radius 1 is 1.09 bits per heavy atom. The normalized spacial score (nSPS) is 24.6. The molecule has 1 aromatic rings. The van der Waals surface area contributed by atoms with Crippen LogP contribution in [0, 0.1) is 0 Å². The third kappa shape index (κ3) is 2.92. The van der Waals surface area contributed by atoms with E-state index in [1.807, 2.05) is 4.90 Å². The molecule has 6 nitrogen and oxygen atoms in total. The van der Waals surface area contributed by atoms with Crippen molar-refractivity contribution >= 4 is 11.7 Å². The number of morpholine rings is 1. The van der Waals surface area contributed by atoms with E-state index in [0.717, 1.165) is 51.1 Å². The number of carbonyl (C=O) groups is 1. The number of hydrogen-bond donors (Lipinski definition) is 0. The fourth-order valence-corrected chi connectivity index (χ4v) is 3.91. The van der Waals surface area contributed by atoms with Crippen LogP contribution in [0.3, 0.4) is 0 Å². The summed E-state index contributed by atoms with van der Waals surface area (Å²) in [6.45, 7) is 3.75. The van der Waals surface area contributed by atoms with Gasteiger partial charge in [0.1, 0.15) is 12.1 Å². The van der Waals surface area contributed by atoms with Gasteiger partial charge in [0.05, 0.1) is 13.2 Å². The van der Waals surface area contributed by atoms with Crippen molar-refractivity contribution in [3.05, 3.63) is 17.6 Å². The molecule has 2 saturated heterocycles. The molecule has 1 unspecified atom stereocenters. The maximum atomic E-state index is 12.6. The quantitative estimate of drug-likeness (QED) is 0.820. The Labute approximate surface area is 136 Å². The number of likely N-dealkylation sites (tertiary alicyclic amines) is 1. The molecular weight excluding hydrogens is 292 g/mol. The van der Waals surface area contributed by atoms with Crippen molar-refractivity contribution in [2.45, 2.75) is 44.6 Å². The molecule has 0 N–H and O–H groups in total. The molecule has 0 spiro atoms. The minimum Gasteiger partial charge on any atom is -0.365 e. The van der Waals surface area contributed by atoms with Crippen LogP contribution in [-0.2, 0) is 22.4 Å². The van der Waals surface area contributed by atoms with Gasteiger partial charge in [-0.1, -0.05) is 0 Å². The molecule has 23 heavy (non-hydrogen) atoms. The summed E-state index contributed by atoms with van der Waals surface area (Å²) >= 11 is 0. The summed E-state index contributed by atoms with van der Waals surface area (Å²) in [5.74, 6) is 1.17. The molecule has 0 saturated carbocycles. The molecule has 2 fully saturated rings. The molecule has 6 heteroatoms. The van der Waals surface area contributed by atoms with Crippen LogP contribution in [0.1, 0.15) is 36.9 Å². The summed E-state index contributed by atoms with van der Waals surface area (Å²) in [5, 5.41) is 0. The first-order valence-corrected chi connectivity index (χ1v) is 8.81. The van der Waals surface area contributed by atoms with Gasteiger partial charge in [-0.05, 0) is 38.5 Å². The summed E-state index contributed by atoms with van der Waals surface area (Å²) in [6, 6.07) is 0. The van der Waals surface area contributed by atoms with Gasteiger partial charge in [-0.3, -0.25) is 4.79 Å². The van der Waals surface area contributed by atoms with Gasteiger partial charge >= 0.3 is 0 Å². The lowest BCUT2D eigenvalue weighted by Crippen LogP contribution is -2.51. The van der Waals surface area contributed by atoms with Crippen LogP contribution in [0.25, 0.3) is 0 Å².